The highest BCUT2D eigenvalue weighted by Gasteiger charge is 2.08. The number of rotatable bonds is 4. The van der Waals surface area contributed by atoms with Gasteiger partial charge in [0.2, 0.25) is 0 Å². The largest absolute Gasteiger partial charge is 0.495 e. The molecule has 0 saturated heterocycles. The van der Waals surface area contributed by atoms with Crippen molar-refractivity contribution in [1.82, 2.24) is 5.16 Å². The van der Waals surface area contributed by atoms with E-state index in [0.717, 1.165) is 5.56 Å². The molecule has 0 saturated carbocycles. The van der Waals surface area contributed by atoms with Crippen molar-refractivity contribution < 1.29 is 14.4 Å². The molecule has 0 aliphatic carbocycles. The van der Waals surface area contributed by atoms with E-state index in [2.05, 4.69) is 5.16 Å². The molecule has 2 rings (SSSR count). The van der Waals surface area contributed by atoms with Crippen LogP contribution in [0, 0.1) is 0 Å². The van der Waals surface area contributed by atoms with E-state index in [1.54, 1.807) is 25.3 Å². The topological polar surface area (TPSA) is 55.5 Å². The average Bonchev–Trinajstić information content (AvgIpc) is 2.78. The summed E-state index contributed by atoms with van der Waals surface area (Å²) in [7, 11) is 1.57. The van der Waals surface area contributed by atoms with Gasteiger partial charge in [0.25, 0.3) is 0 Å². The number of aliphatic hydroxyl groups excluding tert-OH is 1. The van der Waals surface area contributed by atoms with Gasteiger partial charge in [0.1, 0.15) is 17.2 Å². The Bertz CT molecular complexity index is 510. The molecule has 0 aliphatic rings. The van der Waals surface area contributed by atoms with Gasteiger partial charge in [-0.05, 0) is 18.2 Å². The maximum Gasteiger partial charge on any atom is 0.139 e. The lowest BCUT2D eigenvalue weighted by Crippen LogP contribution is -1.86. The number of hydrogen-bond acceptors (Lipinski definition) is 4. The predicted octanol–water partition coefficient (Wildman–Crippen LogP) is 2.54. The molecule has 1 N–H and O–H groups in total. The number of halogens is 1. The van der Waals surface area contributed by atoms with Crippen LogP contribution in [0.1, 0.15) is 5.76 Å². The van der Waals surface area contributed by atoms with Gasteiger partial charge in [-0.3, -0.25) is 0 Å². The van der Waals surface area contributed by atoms with Gasteiger partial charge in [-0.15, -0.1) is 0 Å². The highest BCUT2D eigenvalue weighted by Crippen LogP contribution is 2.29. The highest BCUT2D eigenvalue weighted by atomic mass is 35.5. The lowest BCUT2D eigenvalue weighted by molar-refractivity contribution is 0.277. The normalized spacial score (nSPS) is 10.5. The fraction of sp³-hybridized carbons (Fsp3) is 0.250. The lowest BCUT2D eigenvalue weighted by atomic mass is 10.1. The maximum absolute atomic E-state index is 8.79. The van der Waals surface area contributed by atoms with Gasteiger partial charge in [-0.2, -0.15) is 0 Å². The number of hydrogen-bond donors (Lipinski definition) is 1. The summed E-state index contributed by atoms with van der Waals surface area (Å²) in [4.78, 5) is 0. The summed E-state index contributed by atoms with van der Waals surface area (Å²) in [6.07, 6.45) is 0.455. The molecule has 1 heterocycles. The van der Waals surface area contributed by atoms with Gasteiger partial charge in [-0.1, -0.05) is 16.8 Å². The van der Waals surface area contributed by atoms with Gasteiger partial charge in [-0.25, -0.2) is 0 Å². The SMILES string of the molecule is COc1ccc(-c2cc(CCO)on2)cc1Cl. The maximum atomic E-state index is 8.79. The fourth-order valence-electron chi connectivity index (χ4n) is 1.50. The molecule has 0 amide bonds. The molecule has 90 valence electrons. The smallest absolute Gasteiger partial charge is 0.139 e. The Labute approximate surface area is 104 Å². The fourth-order valence-corrected chi connectivity index (χ4v) is 1.76. The molecule has 0 aliphatic heterocycles. The third-order valence-electron chi connectivity index (χ3n) is 2.36. The molecule has 0 radical (unpaired) electrons. The molecule has 1 aromatic heterocycles. The molecular formula is C12H12ClNO3. The van der Waals surface area contributed by atoms with E-state index in [4.69, 9.17) is 26.0 Å². The monoisotopic (exact) mass is 253 g/mol. The number of benzene rings is 1. The molecule has 0 bridgehead atoms. The van der Waals surface area contributed by atoms with Crippen LogP contribution < -0.4 is 4.74 Å². The molecule has 0 unspecified atom stereocenters. The van der Waals surface area contributed by atoms with E-state index in [1.807, 2.05) is 6.07 Å². The van der Waals surface area contributed by atoms with Crippen LogP contribution in [-0.4, -0.2) is 24.0 Å². The minimum absolute atomic E-state index is 0.0397. The van der Waals surface area contributed by atoms with Crippen LogP contribution in [0.3, 0.4) is 0 Å². The summed E-state index contributed by atoms with van der Waals surface area (Å²) in [5.74, 6) is 1.27. The minimum Gasteiger partial charge on any atom is -0.495 e. The summed E-state index contributed by atoms with van der Waals surface area (Å²) in [6, 6.07) is 7.18. The van der Waals surface area contributed by atoms with Gasteiger partial charge >= 0.3 is 0 Å². The second kappa shape index (κ2) is 5.21. The summed E-state index contributed by atoms with van der Waals surface area (Å²) in [5.41, 5.74) is 1.54. The molecule has 0 spiro atoms. The Hall–Kier alpha value is -1.52. The summed E-state index contributed by atoms with van der Waals surface area (Å²) >= 11 is 6.02. The Morgan fingerprint density at radius 2 is 2.24 bits per heavy atom. The Morgan fingerprint density at radius 3 is 2.88 bits per heavy atom. The lowest BCUT2D eigenvalue weighted by Gasteiger charge is -2.03. The number of aromatic nitrogens is 1. The van der Waals surface area contributed by atoms with Crippen LogP contribution in [0.5, 0.6) is 5.75 Å². The first-order valence-electron chi connectivity index (χ1n) is 5.15. The zero-order chi connectivity index (χ0) is 12.3. The third-order valence-corrected chi connectivity index (χ3v) is 2.66. The zero-order valence-corrected chi connectivity index (χ0v) is 10.1. The quantitative estimate of drug-likeness (QED) is 0.910. The average molecular weight is 254 g/mol. The predicted molar refractivity (Wildman–Crippen MR) is 64.3 cm³/mol. The second-order valence-corrected chi connectivity index (χ2v) is 3.91. The third kappa shape index (κ3) is 2.60. The minimum atomic E-state index is 0.0397. The standard InChI is InChI=1S/C12H12ClNO3/c1-16-12-3-2-8(6-10(12)13)11-7-9(4-5-15)17-14-11/h2-3,6-7,15H,4-5H2,1H3. The van der Waals surface area contributed by atoms with Crippen molar-refractivity contribution in [2.45, 2.75) is 6.42 Å². The van der Waals surface area contributed by atoms with Crippen molar-refractivity contribution in [3.05, 3.63) is 35.0 Å². The number of aliphatic hydroxyl groups is 1. The van der Waals surface area contributed by atoms with Gasteiger partial charge in [0.05, 0.1) is 18.7 Å². The van der Waals surface area contributed by atoms with E-state index in [-0.39, 0.29) is 6.61 Å². The summed E-state index contributed by atoms with van der Waals surface area (Å²) < 4.78 is 10.1. The van der Waals surface area contributed by atoms with Crippen molar-refractivity contribution in [2.75, 3.05) is 13.7 Å². The summed E-state index contributed by atoms with van der Waals surface area (Å²) in [5, 5.41) is 13.2. The van der Waals surface area contributed by atoms with E-state index in [0.29, 0.717) is 28.6 Å². The first kappa shape index (κ1) is 12.0. The summed E-state index contributed by atoms with van der Waals surface area (Å²) in [6.45, 7) is 0.0397. The Balaban J connectivity index is 2.29. The zero-order valence-electron chi connectivity index (χ0n) is 9.31. The first-order valence-corrected chi connectivity index (χ1v) is 5.52. The van der Waals surface area contributed by atoms with Gasteiger partial charge in [0, 0.05) is 18.1 Å². The Kier molecular flexibility index (Phi) is 3.66. The van der Waals surface area contributed by atoms with Crippen LogP contribution in [0.4, 0.5) is 0 Å². The second-order valence-electron chi connectivity index (χ2n) is 3.50. The molecule has 1 aromatic carbocycles. The van der Waals surface area contributed by atoms with Crippen LogP contribution in [0.15, 0.2) is 28.8 Å². The van der Waals surface area contributed by atoms with Crippen LogP contribution in [0.25, 0.3) is 11.3 Å². The van der Waals surface area contributed by atoms with Crippen molar-refractivity contribution in [3.8, 4) is 17.0 Å². The van der Waals surface area contributed by atoms with Crippen molar-refractivity contribution >= 4 is 11.6 Å². The molecule has 5 heteroatoms. The van der Waals surface area contributed by atoms with E-state index >= 15 is 0 Å². The number of ether oxygens (including phenoxy) is 1. The van der Waals surface area contributed by atoms with Crippen LogP contribution >= 0.6 is 11.6 Å². The molecule has 0 atom stereocenters. The molecular weight excluding hydrogens is 242 g/mol. The molecule has 17 heavy (non-hydrogen) atoms. The molecule has 0 fully saturated rings. The molecule has 2 aromatic rings. The number of methoxy groups -OCH3 is 1. The Morgan fingerprint density at radius 1 is 1.41 bits per heavy atom. The molecule has 4 nitrogen and oxygen atoms in total. The van der Waals surface area contributed by atoms with Gasteiger partial charge < -0.3 is 14.4 Å². The van der Waals surface area contributed by atoms with Crippen molar-refractivity contribution in [1.29, 1.82) is 0 Å². The van der Waals surface area contributed by atoms with Gasteiger partial charge in [0.15, 0.2) is 0 Å². The van der Waals surface area contributed by atoms with Crippen molar-refractivity contribution in [3.63, 3.8) is 0 Å². The van der Waals surface area contributed by atoms with Crippen LogP contribution in [0.2, 0.25) is 5.02 Å². The first-order chi connectivity index (χ1) is 8.24. The van der Waals surface area contributed by atoms with E-state index in [1.165, 1.54) is 0 Å². The van der Waals surface area contributed by atoms with Crippen molar-refractivity contribution in [2.24, 2.45) is 0 Å². The van der Waals surface area contributed by atoms with E-state index in [9.17, 15) is 0 Å². The highest BCUT2D eigenvalue weighted by molar-refractivity contribution is 6.32. The van der Waals surface area contributed by atoms with Crippen LogP contribution in [-0.2, 0) is 6.42 Å². The number of nitrogens with zero attached hydrogens (tertiary/aromatic N) is 1. The van der Waals surface area contributed by atoms with E-state index < -0.39 is 0 Å².